The Kier molecular flexibility index (Phi) is 5.42. The molecule has 1 aromatic carbocycles. The van der Waals surface area contributed by atoms with Gasteiger partial charge in [0.25, 0.3) is 0 Å². The Bertz CT molecular complexity index is 470. The fourth-order valence-electron chi connectivity index (χ4n) is 1.54. The lowest BCUT2D eigenvalue weighted by Crippen LogP contribution is -2.32. The van der Waals surface area contributed by atoms with E-state index in [4.69, 9.17) is 0 Å². The first-order valence-electron chi connectivity index (χ1n) is 6.38. The van der Waals surface area contributed by atoms with Crippen LogP contribution in [0, 0.1) is 12.8 Å². The van der Waals surface area contributed by atoms with Gasteiger partial charge in [-0.25, -0.2) is 0 Å². The molecule has 0 heterocycles. The van der Waals surface area contributed by atoms with Crippen LogP contribution in [-0.4, -0.2) is 19.0 Å². The van der Waals surface area contributed by atoms with E-state index < -0.39 is 11.7 Å². The summed E-state index contributed by atoms with van der Waals surface area (Å²) in [6.45, 7) is 6.11. The van der Waals surface area contributed by atoms with Crippen molar-refractivity contribution in [2.24, 2.45) is 5.92 Å². The lowest BCUT2D eigenvalue weighted by Gasteiger charge is -2.13. The summed E-state index contributed by atoms with van der Waals surface area (Å²) in [6, 6.07) is 3.43. The molecular formula is C14H19F3N2O. The second-order valence-electron chi connectivity index (χ2n) is 5.08. The number of hydrogen-bond acceptors (Lipinski definition) is 2. The zero-order valence-electron chi connectivity index (χ0n) is 11.8. The Morgan fingerprint density at radius 3 is 2.50 bits per heavy atom. The SMILES string of the molecule is Cc1ccc(C(F)(F)F)cc1NCC(=O)NCC(C)C. The molecule has 1 aromatic rings. The van der Waals surface area contributed by atoms with E-state index in [-0.39, 0.29) is 12.5 Å². The highest BCUT2D eigenvalue weighted by Gasteiger charge is 2.30. The first kappa shape index (κ1) is 16.3. The first-order valence-corrected chi connectivity index (χ1v) is 6.38. The number of nitrogens with one attached hydrogen (secondary N) is 2. The molecule has 0 aliphatic rings. The molecule has 3 nitrogen and oxygen atoms in total. The Hall–Kier alpha value is -1.72. The molecule has 1 rings (SSSR count). The molecule has 0 aromatic heterocycles. The van der Waals surface area contributed by atoms with Gasteiger partial charge in [0.15, 0.2) is 0 Å². The minimum atomic E-state index is -4.38. The first-order chi connectivity index (χ1) is 9.20. The highest BCUT2D eigenvalue weighted by atomic mass is 19.4. The molecule has 0 bridgehead atoms. The van der Waals surface area contributed by atoms with Gasteiger partial charge >= 0.3 is 6.18 Å². The van der Waals surface area contributed by atoms with Crippen molar-refractivity contribution in [3.63, 3.8) is 0 Å². The number of anilines is 1. The normalized spacial score (nSPS) is 11.6. The van der Waals surface area contributed by atoms with Crippen molar-refractivity contribution in [2.75, 3.05) is 18.4 Å². The van der Waals surface area contributed by atoms with Crippen molar-refractivity contribution in [3.05, 3.63) is 29.3 Å². The third-order valence-electron chi connectivity index (χ3n) is 2.71. The Morgan fingerprint density at radius 1 is 1.30 bits per heavy atom. The molecule has 0 atom stereocenters. The minimum absolute atomic E-state index is 0.0468. The number of benzene rings is 1. The van der Waals surface area contributed by atoms with E-state index in [1.54, 1.807) is 6.92 Å². The van der Waals surface area contributed by atoms with Crippen molar-refractivity contribution < 1.29 is 18.0 Å². The van der Waals surface area contributed by atoms with Crippen LogP contribution in [0.2, 0.25) is 0 Å². The van der Waals surface area contributed by atoms with Gasteiger partial charge in [-0.2, -0.15) is 13.2 Å². The van der Waals surface area contributed by atoms with Crippen LogP contribution < -0.4 is 10.6 Å². The van der Waals surface area contributed by atoms with Gasteiger partial charge in [0.05, 0.1) is 12.1 Å². The zero-order chi connectivity index (χ0) is 15.3. The topological polar surface area (TPSA) is 41.1 Å². The van der Waals surface area contributed by atoms with Crippen LogP contribution in [0.4, 0.5) is 18.9 Å². The number of hydrogen-bond donors (Lipinski definition) is 2. The molecule has 6 heteroatoms. The van der Waals surface area contributed by atoms with Crippen LogP contribution in [0.15, 0.2) is 18.2 Å². The van der Waals surface area contributed by atoms with Gasteiger partial charge in [0.2, 0.25) is 5.91 Å². The molecule has 2 N–H and O–H groups in total. The predicted molar refractivity (Wildman–Crippen MR) is 72.5 cm³/mol. The van der Waals surface area contributed by atoms with Gasteiger partial charge < -0.3 is 10.6 Å². The minimum Gasteiger partial charge on any atom is -0.376 e. The quantitative estimate of drug-likeness (QED) is 0.873. The van der Waals surface area contributed by atoms with E-state index in [1.807, 2.05) is 13.8 Å². The predicted octanol–water partition coefficient (Wildman–Crippen LogP) is 3.20. The summed E-state index contributed by atoms with van der Waals surface area (Å²) >= 11 is 0. The molecule has 0 saturated carbocycles. The highest BCUT2D eigenvalue weighted by Crippen LogP contribution is 2.31. The summed E-state index contributed by atoms with van der Waals surface area (Å²) in [6.07, 6.45) is -4.38. The van der Waals surface area contributed by atoms with Gasteiger partial charge in [-0.3, -0.25) is 4.79 Å². The van der Waals surface area contributed by atoms with E-state index >= 15 is 0 Å². The molecule has 0 aliphatic carbocycles. The highest BCUT2D eigenvalue weighted by molar-refractivity contribution is 5.81. The fraction of sp³-hybridized carbons (Fsp3) is 0.500. The summed E-state index contributed by atoms with van der Waals surface area (Å²) in [5, 5.41) is 5.43. The van der Waals surface area contributed by atoms with Gasteiger partial charge in [-0.15, -0.1) is 0 Å². The monoisotopic (exact) mass is 288 g/mol. The van der Waals surface area contributed by atoms with Crippen LogP contribution >= 0.6 is 0 Å². The summed E-state index contributed by atoms with van der Waals surface area (Å²) in [4.78, 5) is 11.5. The molecule has 0 aliphatic heterocycles. The Morgan fingerprint density at radius 2 is 1.95 bits per heavy atom. The summed E-state index contributed by atoms with van der Waals surface area (Å²) in [5.41, 5.74) is 0.252. The van der Waals surface area contributed by atoms with E-state index in [9.17, 15) is 18.0 Å². The van der Waals surface area contributed by atoms with Crippen LogP contribution in [0.25, 0.3) is 0 Å². The second kappa shape index (κ2) is 6.63. The average Bonchev–Trinajstić information content (AvgIpc) is 2.33. The molecule has 0 spiro atoms. The number of alkyl halides is 3. The smallest absolute Gasteiger partial charge is 0.376 e. The maximum absolute atomic E-state index is 12.6. The van der Waals surface area contributed by atoms with Crippen molar-refractivity contribution in [3.8, 4) is 0 Å². The van der Waals surface area contributed by atoms with Gasteiger partial charge in [0, 0.05) is 12.2 Å². The number of halogens is 3. The molecule has 112 valence electrons. The number of carbonyl (C=O) groups is 1. The third kappa shape index (κ3) is 5.11. The fourth-order valence-corrected chi connectivity index (χ4v) is 1.54. The van der Waals surface area contributed by atoms with Crippen LogP contribution in [0.5, 0.6) is 0 Å². The van der Waals surface area contributed by atoms with E-state index in [0.29, 0.717) is 23.7 Å². The van der Waals surface area contributed by atoms with Crippen LogP contribution in [0.3, 0.4) is 0 Å². The maximum atomic E-state index is 12.6. The standard InChI is InChI=1S/C14H19F3N2O/c1-9(2)7-19-13(20)8-18-12-6-11(14(15,16)17)5-4-10(12)3/h4-6,9,18H,7-8H2,1-3H3,(H,19,20). The second-order valence-corrected chi connectivity index (χ2v) is 5.08. The van der Waals surface area contributed by atoms with Crippen LogP contribution in [0.1, 0.15) is 25.0 Å². The van der Waals surface area contributed by atoms with Gasteiger partial charge in [-0.1, -0.05) is 19.9 Å². The molecule has 20 heavy (non-hydrogen) atoms. The van der Waals surface area contributed by atoms with E-state index in [0.717, 1.165) is 12.1 Å². The van der Waals surface area contributed by atoms with Crippen molar-refractivity contribution in [1.29, 1.82) is 0 Å². The summed E-state index contributed by atoms with van der Waals surface area (Å²) < 4.78 is 37.8. The van der Waals surface area contributed by atoms with Crippen LogP contribution in [-0.2, 0) is 11.0 Å². The molecule has 0 fully saturated rings. The maximum Gasteiger partial charge on any atom is 0.416 e. The Balaban J connectivity index is 2.66. The van der Waals surface area contributed by atoms with Gasteiger partial charge in [-0.05, 0) is 30.5 Å². The molecule has 1 amide bonds. The Labute approximate surface area is 116 Å². The molecule has 0 radical (unpaired) electrons. The van der Waals surface area contributed by atoms with Crippen molar-refractivity contribution >= 4 is 11.6 Å². The third-order valence-corrected chi connectivity index (χ3v) is 2.71. The zero-order valence-corrected chi connectivity index (χ0v) is 11.8. The van der Waals surface area contributed by atoms with Gasteiger partial charge in [0.1, 0.15) is 0 Å². The summed E-state index contributed by atoms with van der Waals surface area (Å²) in [7, 11) is 0. The summed E-state index contributed by atoms with van der Waals surface area (Å²) in [5.74, 6) is 0.0877. The largest absolute Gasteiger partial charge is 0.416 e. The van der Waals surface area contributed by atoms with Crippen molar-refractivity contribution in [2.45, 2.75) is 26.9 Å². The van der Waals surface area contributed by atoms with E-state index in [2.05, 4.69) is 10.6 Å². The number of rotatable bonds is 5. The lowest BCUT2D eigenvalue weighted by molar-refractivity contribution is -0.137. The van der Waals surface area contributed by atoms with E-state index in [1.165, 1.54) is 6.07 Å². The van der Waals surface area contributed by atoms with Crippen molar-refractivity contribution in [1.82, 2.24) is 5.32 Å². The number of amides is 1. The molecular weight excluding hydrogens is 269 g/mol. The number of aryl methyl sites for hydroxylation is 1. The molecule has 0 saturated heterocycles. The number of carbonyl (C=O) groups excluding carboxylic acids is 1. The average molecular weight is 288 g/mol. The molecule has 0 unspecified atom stereocenters. The lowest BCUT2D eigenvalue weighted by atomic mass is 10.1.